The van der Waals surface area contributed by atoms with Crippen molar-refractivity contribution in [1.29, 1.82) is 0 Å². The number of amides is 2. The van der Waals surface area contributed by atoms with Crippen molar-refractivity contribution >= 4 is 23.3 Å². The SMILES string of the molecule is O=C(O)COC1CCN(C(=O)NCCc2ccsc2)CC1. The van der Waals surface area contributed by atoms with Gasteiger partial charge in [-0.1, -0.05) is 0 Å². The van der Waals surface area contributed by atoms with Gasteiger partial charge in [-0.2, -0.15) is 11.3 Å². The minimum Gasteiger partial charge on any atom is -0.480 e. The third-order valence-corrected chi connectivity index (χ3v) is 4.17. The molecule has 1 fully saturated rings. The van der Waals surface area contributed by atoms with Gasteiger partial charge in [0.2, 0.25) is 0 Å². The summed E-state index contributed by atoms with van der Waals surface area (Å²) in [7, 11) is 0. The zero-order chi connectivity index (χ0) is 15.1. The van der Waals surface area contributed by atoms with Crippen molar-refractivity contribution in [2.75, 3.05) is 26.2 Å². The van der Waals surface area contributed by atoms with Crippen LogP contribution in [0.4, 0.5) is 4.79 Å². The highest BCUT2D eigenvalue weighted by atomic mass is 32.1. The minimum atomic E-state index is -0.955. The average molecular weight is 312 g/mol. The number of nitrogens with one attached hydrogen (secondary N) is 1. The minimum absolute atomic E-state index is 0.0538. The van der Waals surface area contributed by atoms with Crippen LogP contribution in [0.15, 0.2) is 16.8 Å². The molecule has 7 heteroatoms. The molecule has 1 saturated heterocycles. The topological polar surface area (TPSA) is 78.9 Å². The highest BCUT2D eigenvalue weighted by Crippen LogP contribution is 2.13. The number of hydrogen-bond donors (Lipinski definition) is 2. The molecule has 116 valence electrons. The van der Waals surface area contributed by atoms with Crippen LogP contribution >= 0.6 is 11.3 Å². The van der Waals surface area contributed by atoms with Gasteiger partial charge in [0.05, 0.1) is 6.10 Å². The molecular weight excluding hydrogens is 292 g/mol. The molecule has 0 aliphatic carbocycles. The van der Waals surface area contributed by atoms with Crippen LogP contribution in [0.25, 0.3) is 0 Å². The molecule has 1 aromatic heterocycles. The molecule has 2 N–H and O–H groups in total. The lowest BCUT2D eigenvalue weighted by atomic mass is 10.1. The Balaban J connectivity index is 1.62. The van der Waals surface area contributed by atoms with Gasteiger partial charge in [-0.25, -0.2) is 9.59 Å². The average Bonchev–Trinajstić information content (AvgIpc) is 2.99. The number of likely N-dealkylation sites (tertiary alicyclic amines) is 1. The fourth-order valence-corrected chi connectivity index (χ4v) is 2.98. The van der Waals surface area contributed by atoms with Gasteiger partial charge in [0.25, 0.3) is 0 Å². The summed E-state index contributed by atoms with van der Waals surface area (Å²) >= 11 is 1.65. The molecule has 0 radical (unpaired) electrons. The second-order valence-electron chi connectivity index (χ2n) is 5.00. The number of carbonyl (C=O) groups is 2. The predicted octanol–water partition coefficient (Wildman–Crippen LogP) is 1.57. The molecule has 0 spiro atoms. The van der Waals surface area contributed by atoms with E-state index < -0.39 is 5.97 Å². The predicted molar refractivity (Wildman–Crippen MR) is 79.6 cm³/mol. The van der Waals surface area contributed by atoms with Crippen molar-refractivity contribution in [3.8, 4) is 0 Å². The van der Waals surface area contributed by atoms with E-state index in [0.29, 0.717) is 32.5 Å². The van der Waals surface area contributed by atoms with Crippen molar-refractivity contribution in [3.05, 3.63) is 22.4 Å². The number of piperidine rings is 1. The molecule has 1 aliphatic rings. The van der Waals surface area contributed by atoms with Crippen LogP contribution in [0.5, 0.6) is 0 Å². The number of carboxylic acids is 1. The molecule has 1 aliphatic heterocycles. The summed E-state index contributed by atoms with van der Waals surface area (Å²) in [6, 6.07) is 2.00. The fraction of sp³-hybridized carbons (Fsp3) is 0.571. The van der Waals surface area contributed by atoms with E-state index in [2.05, 4.69) is 16.8 Å². The Kier molecular flexibility index (Phi) is 6.01. The van der Waals surface area contributed by atoms with E-state index in [1.807, 2.05) is 5.38 Å². The van der Waals surface area contributed by atoms with E-state index in [4.69, 9.17) is 9.84 Å². The van der Waals surface area contributed by atoms with Crippen molar-refractivity contribution in [1.82, 2.24) is 10.2 Å². The number of hydrogen-bond acceptors (Lipinski definition) is 4. The second kappa shape index (κ2) is 7.99. The molecule has 21 heavy (non-hydrogen) atoms. The Morgan fingerprint density at radius 3 is 2.81 bits per heavy atom. The van der Waals surface area contributed by atoms with E-state index >= 15 is 0 Å². The fourth-order valence-electron chi connectivity index (χ4n) is 2.28. The van der Waals surface area contributed by atoms with Gasteiger partial charge in [0.15, 0.2) is 0 Å². The summed E-state index contributed by atoms with van der Waals surface area (Å²) in [6.07, 6.45) is 2.15. The quantitative estimate of drug-likeness (QED) is 0.835. The Labute approximate surface area is 127 Å². The van der Waals surface area contributed by atoms with E-state index in [-0.39, 0.29) is 18.7 Å². The maximum Gasteiger partial charge on any atom is 0.329 e. The number of nitrogens with zero attached hydrogens (tertiary/aromatic N) is 1. The number of ether oxygens (including phenoxy) is 1. The molecule has 6 nitrogen and oxygen atoms in total. The summed E-state index contributed by atoms with van der Waals surface area (Å²) in [5.41, 5.74) is 1.24. The van der Waals surface area contributed by atoms with Gasteiger partial charge in [-0.3, -0.25) is 0 Å². The molecule has 2 rings (SSSR count). The molecule has 0 saturated carbocycles. The first-order valence-corrected chi connectivity index (χ1v) is 7.96. The van der Waals surface area contributed by atoms with Gasteiger partial charge in [-0.05, 0) is 41.7 Å². The normalized spacial score (nSPS) is 15.9. The van der Waals surface area contributed by atoms with Gasteiger partial charge < -0.3 is 20.1 Å². The molecule has 2 amide bonds. The number of rotatable bonds is 6. The first kappa shape index (κ1) is 15.8. The molecule has 2 heterocycles. The number of urea groups is 1. The Hall–Kier alpha value is -1.60. The van der Waals surface area contributed by atoms with Crippen molar-refractivity contribution < 1.29 is 19.4 Å². The lowest BCUT2D eigenvalue weighted by molar-refractivity contribution is -0.145. The van der Waals surface area contributed by atoms with Crippen LogP contribution in [-0.2, 0) is 16.0 Å². The number of thiophene rings is 1. The van der Waals surface area contributed by atoms with Gasteiger partial charge in [0, 0.05) is 19.6 Å². The van der Waals surface area contributed by atoms with Crippen LogP contribution in [-0.4, -0.2) is 54.4 Å². The van der Waals surface area contributed by atoms with Crippen LogP contribution in [0, 0.1) is 0 Å². The molecule has 1 aromatic rings. The maximum atomic E-state index is 12.0. The Bertz CT molecular complexity index is 456. The van der Waals surface area contributed by atoms with E-state index in [9.17, 15) is 9.59 Å². The van der Waals surface area contributed by atoms with E-state index in [1.54, 1.807) is 16.2 Å². The van der Waals surface area contributed by atoms with Gasteiger partial charge in [0.1, 0.15) is 6.61 Å². The molecule has 0 atom stereocenters. The third kappa shape index (κ3) is 5.35. The summed E-state index contributed by atoms with van der Waals surface area (Å²) in [5, 5.41) is 15.6. The maximum absolute atomic E-state index is 12.0. The standard InChI is InChI=1S/C14H20N2O4S/c17-13(18)9-20-12-2-6-16(7-3-12)14(19)15-5-1-11-4-8-21-10-11/h4,8,10,12H,1-3,5-7,9H2,(H,15,19)(H,17,18). The van der Waals surface area contributed by atoms with Gasteiger partial charge >= 0.3 is 12.0 Å². The highest BCUT2D eigenvalue weighted by Gasteiger charge is 2.23. The lowest BCUT2D eigenvalue weighted by Crippen LogP contribution is -2.46. The zero-order valence-electron chi connectivity index (χ0n) is 11.8. The van der Waals surface area contributed by atoms with E-state index in [0.717, 1.165) is 6.42 Å². The molecule has 0 unspecified atom stereocenters. The summed E-state index contributed by atoms with van der Waals surface area (Å²) in [4.78, 5) is 24.2. The molecule has 0 bridgehead atoms. The van der Waals surface area contributed by atoms with Crippen molar-refractivity contribution in [2.45, 2.75) is 25.4 Å². The van der Waals surface area contributed by atoms with E-state index in [1.165, 1.54) is 5.56 Å². The summed E-state index contributed by atoms with van der Waals surface area (Å²) in [5.74, 6) is -0.955. The smallest absolute Gasteiger partial charge is 0.329 e. The third-order valence-electron chi connectivity index (χ3n) is 3.44. The first-order chi connectivity index (χ1) is 10.1. The zero-order valence-corrected chi connectivity index (χ0v) is 12.6. The molecule has 0 aromatic carbocycles. The number of carbonyl (C=O) groups excluding carboxylic acids is 1. The summed E-state index contributed by atoms with van der Waals surface area (Å²) in [6.45, 7) is 1.58. The van der Waals surface area contributed by atoms with Crippen LogP contribution < -0.4 is 5.32 Å². The number of carboxylic acid groups (broad SMARTS) is 1. The summed E-state index contributed by atoms with van der Waals surface area (Å²) < 4.78 is 5.25. The first-order valence-electron chi connectivity index (χ1n) is 7.02. The lowest BCUT2D eigenvalue weighted by Gasteiger charge is -2.31. The van der Waals surface area contributed by atoms with Crippen LogP contribution in [0.1, 0.15) is 18.4 Å². The number of aliphatic carboxylic acids is 1. The van der Waals surface area contributed by atoms with Crippen molar-refractivity contribution in [2.24, 2.45) is 0 Å². The van der Waals surface area contributed by atoms with Crippen molar-refractivity contribution in [3.63, 3.8) is 0 Å². The van der Waals surface area contributed by atoms with Crippen LogP contribution in [0.3, 0.4) is 0 Å². The molecular formula is C14H20N2O4S. The Morgan fingerprint density at radius 1 is 1.43 bits per heavy atom. The highest BCUT2D eigenvalue weighted by molar-refractivity contribution is 7.07. The van der Waals surface area contributed by atoms with Crippen LogP contribution in [0.2, 0.25) is 0 Å². The second-order valence-corrected chi connectivity index (χ2v) is 5.78. The monoisotopic (exact) mass is 312 g/mol. The Morgan fingerprint density at radius 2 is 2.19 bits per heavy atom. The van der Waals surface area contributed by atoms with Gasteiger partial charge in [-0.15, -0.1) is 0 Å². The largest absolute Gasteiger partial charge is 0.480 e.